The number of carbonyl (C=O) groups excluding carboxylic acids is 1. The molecule has 1 amide bonds. The fourth-order valence-electron chi connectivity index (χ4n) is 2.86. The Labute approximate surface area is 137 Å². The van der Waals surface area contributed by atoms with Crippen LogP contribution in [0.1, 0.15) is 48.9 Å². The van der Waals surface area contributed by atoms with Crippen molar-refractivity contribution in [3.8, 4) is 0 Å². The van der Waals surface area contributed by atoms with Gasteiger partial charge in [0.05, 0.1) is 12.0 Å². The first-order valence-electron chi connectivity index (χ1n) is 6.91. The molecule has 0 spiro atoms. The maximum absolute atomic E-state index is 12.4. The van der Waals surface area contributed by atoms with Crippen molar-refractivity contribution in [1.29, 1.82) is 0 Å². The van der Waals surface area contributed by atoms with E-state index in [1.165, 1.54) is 0 Å². The average molecular weight is 375 g/mol. The first-order valence-corrected chi connectivity index (χ1v) is 8.08. The molecule has 6 heteroatoms. The van der Waals surface area contributed by atoms with Crippen LogP contribution in [-0.2, 0) is 4.79 Å². The number of amides is 1. The molecule has 114 valence electrons. The molecule has 0 atom stereocenters. The molecular weight excluding hydrogens is 358 g/mol. The number of hydrogen-bond donors (Lipinski definition) is 2. The lowest BCUT2D eigenvalue weighted by molar-refractivity contribution is -0.139. The molecule has 0 radical (unpaired) electrons. The molecule has 0 unspecified atom stereocenters. The van der Waals surface area contributed by atoms with Gasteiger partial charge in [0.15, 0.2) is 0 Å². The Kier molecular flexibility index (Phi) is 5.27. The average Bonchev–Trinajstić information content (AvgIpc) is 2.37. The molecule has 2 N–H and O–H groups in total. The Morgan fingerprint density at radius 1 is 1.24 bits per heavy atom. The van der Waals surface area contributed by atoms with Crippen LogP contribution in [0, 0.1) is 0 Å². The lowest BCUT2D eigenvalue weighted by Gasteiger charge is -2.37. The van der Waals surface area contributed by atoms with Crippen LogP contribution in [0.3, 0.4) is 0 Å². The summed E-state index contributed by atoms with van der Waals surface area (Å²) in [5.41, 5.74) is -0.208. The van der Waals surface area contributed by atoms with Crippen molar-refractivity contribution < 1.29 is 14.7 Å². The summed E-state index contributed by atoms with van der Waals surface area (Å²) in [7, 11) is 0. The number of halogens is 2. The summed E-state index contributed by atoms with van der Waals surface area (Å²) in [6.07, 6.45) is 4.32. The van der Waals surface area contributed by atoms with E-state index in [9.17, 15) is 9.59 Å². The molecule has 1 aliphatic rings. The van der Waals surface area contributed by atoms with Crippen LogP contribution in [-0.4, -0.2) is 22.5 Å². The summed E-state index contributed by atoms with van der Waals surface area (Å²) in [6, 6.07) is 4.96. The van der Waals surface area contributed by atoms with Crippen LogP contribution < -0.4 is 5.32 Å². The number of carboxylic acids is 1. The molecule has 0 heterocycles. The molecule has 1 aromatic carbocycles. The lowest BCUT2D eigenvalue weighted by atomic mass is 9.79. The number of nitrogens with one attached hydrogen (secondary N) is 1. The molecular formula is C15H17BrClNO3. The third-order valence-corrected chi connectivity index (χ3v) is 4.48. The number of benzene rings is 1. The normalized spacial score (nSPS) is 17.2. The van der Waals surface area contributed by atoms with Crippen molar-refractivity contribution in [2.75, 3.05) is 0 Å². The van der Waals surface area contributed by atoms with Crippen LogP contribution in [0.4, 0.5) is 0 Å². The molecule has 1 aliphatic carbocycles. The summed E-state index contributed by atoms with van der Waals surface area (Å²) in [4.78, 5) is 23.5. The predicted octanol–water partition coefficient (Wildman–Crippen LogP) is 4.01. The van der Waals surface area contributed by atoms with Gasteiger partial charge in [-0.3, -0.25) is 9.59 Å². The summed E-state index contributed by atoms with van der Waals surface area (Å²) in [5.74, 6) is -1.16. The number of carbonyl (C=O) groups is 2. The number of rotatable bonds is 4. The van der Waals surface area contributed by atoms with Gasteiger partial charge in [-0.25, -0.2) is 0 Å². The van der Waals surface area contributed by atoms with Crippen molar-refractivity contribution in [1.82, 2.24) is 5.32 Å². The van der Waals surface area contributed by atoms with E-state index in [0.717, 1.165) is 23.7 Å². The SMILES string of the molecule is O=C(O)CC1(NC(=O)c2cc(Cl)cc(Br)c2)CCCCC1. The Morgan fingerprint density at radius 2 is 1.90 bits per heavy atom. The van der Waals surface area contributed by atoms with Crippen molar-refractivity contribution >= 4 is 39.4 Å². The summed E-state index contributed by atoms with van der Waals surface area (Å²) >= 11 is 9.25. The number of aliphatic carboxylic acids is 1. The van der Waals surface area contributed by atoms with Gasteiger partial charge in [-0.1, -0.05) is 46.8 Å². The largest absolute Gasteiger partial charge is 0.481 e. The molecule has 4 nitrogen and oxygen atoms in total. The lowest BCUT2D eigenvalue weighted by Crippen LogP contribution is -2.51. The van der Waals surface area contributed by atoms with E-state index in [4.69, 9.17) is 16.7 Å². The van der Waals surface area contributed by atoms with Crippen molar-refractivity contribution in [2.24, 2.45) is 0 Å². The second-order valence-corrected chi connectivity index (χ2v) is 6.88. The van der Waals surface area contributed by atoms with Crippen molar-refractivity contribution in [2.45, 2.75) is 44.1 Å². The second-order valence-electron chi connectivity index (χ2n) is 5.52. The third-order valence-electron chi connectivity index (χ3n) is 3.80. The molecule has 21 heavy (non-hydrogen) atoms. The molecule has 1 fully saturated rings. The van der Waals surface area contributed by atoms with Gasteiger partial charge in [0.1, 0.15) is 0 Å². The van der Waals surface area contributed by atoms with Gasteiger partial charge >= 0.3 is 5.97 Å². The van der Waals surface area contributed by atoms with Gasteiger partial charge < -0.3 is 10.4 Å². The molecule has 0 saturated heterocycles. The van der Waals surface area contributed by atoms with Gasteiger partial charge in [0.2, 0.25) is 0 Å². The van der Waals surface area contributed by atoms with Crippen molar-refractivity contribution in [3.63, 3.8) is 0 Å². The minimum Gasteiger partial charge on any atom is -0.481 e. The molecule has 0 bridgehead atoms. The van der Waals surface area contributed by atoms with E-state index >= 15 is 0 Å². The van der Waals surface area contributed by atoms with Gasteiger partial charge in [-0.05, 0) is 31.0 Å². The molecule has 0 aromatic heterocycles. The second kappa shape index (κ2) is 6.79. The first kappa shape index (κ1) is 16.3. The standard InChI is InChI=1S/C15H17BrClNO3/c16-11-6-10(7-12(17)8-11)14(21)18-15(9-13(19)20)4-2-1-3-5-15/h6-8H,1-5,9H2,(H,18,21)(H,19,20). The molecule has 1 aromatic rings. The van der Waals surface area contributed by atoms with Gasteiger partial charge in [0, 0.05) is 15.1 Å². The molecule has 1 saturated carbocycles. The Balaban J connectivity index is 2.19. The molecule has 0 aliphatic heterocycles. The number of carboxylic acid groups (broad SMARTS) is 1. The van der Waals surface area contributed by atoms with Crippen LogP contribution >= 0.6 is 27.5 Å². The van der Waals surface area contributed by atoms with E-state index in [2.05, 4.69) is 21.2 Å². The quantitative estimate of drug-likeness (QED) is 0.837. The Morgan fingerprint density at radius 3 is 2.48 bits per heavy atom. The fraction of sp³-hybridized carbons (Fsp3) is 0.467. The fourth-order valence-corrected chi connectivity index (χ4v) is 3.72. The summed E-state index contributed by atoms with van der Waals surface area (Å²) < 4.78 is 0.719. The van der Waals surface area contributed by atoms with Gasteiger partial charge in [0.25, 0.3) is 5.91 Å². The van der Waals surface area contributed by atoms with Crippen LogP contribution in [0.25, 0.3) is 0 Å². The highest BCUT2D eigenvalue weighted by molar-refractivity contribution is 9.10. The maximum Gasteiger partial charge on any atom is 0.305 e. The topological polar surface area (TPSA) is 66.4 Å². The highest BCUT2D eigenvalue weighted by Crippen LogP contribution is 2.32. The van der Waals surface area contributed by atoms with E-state index in [-0.39, 0.29) is 12.3 Å². The highest BCUT2D eigenvalue weighted by atomic mass is 79.9. The minimum atomic E-state index is -0.885. The Bertz CT molecular complexity index is 536. The van der Waals surface area contributed by atoms with Crippen LogP contribution in [0.5, 0.6) is 0 Å². The Hall–Kier alpha value is -1.07. The first-order chi connectivity index (χ1) is 9.90. The maximum atomic E-state index is 12.4. The number of hydrogen-bond acceptors (Lipinski definition) is 2. The van der Waals surface area contributed by atoms with E-state index < -0.39 is 11.5 Å². The summed E-state index contributed by atoms with van der Waals surface area (Å²) in [5, 5.41) is 12.5. The zero-order valence-electron chi connectivity index (χ0n) is 11.5. The monoisotopic (exact) mass is 373 g/mol. The highest BCUT2D eigenvalue weighted by Gasteiger charge is 2.36. The predicted molar refractivity (Wildman–Crippen MR) is 84.7 cm³/mol. The summed E-state index contributed by atoms with van der Waals surface area (Å²) in [6.45, 7) is 0. The van der Waals surface area contributed by atoms with Gasteiger partial charge in [-0.15, -0.1) is 0 Å². The third kappa shape index (κ3) is 4.45. The smallest absolute Gasteiger partial charge is 0.305 e. The van der Waals surface area contributed by atoms with Gasteiger partial charge in [-0.2, -0.15) is 0 Å². The van der Waals surface area contributed by atoms with E-state index in [0.29, 0.717) is 23.4 Å². The minimum absolute atomic E-state index is 0.0412. The van der Waals surface area contributed by atoms with Crippen LogP contribution in [0.15, 0.2) is 22.7 Å². The zero-order valence-corrected chi connectivity index (χ0v) is 13.8. The van der Waals surface area contributed by atoms with Crippen molar-refractivity contribution in [3.05, 3.63) is 33.3 Å². The van der Waals surface area contributed by atoms with E-state index in [1.54, 1.807) is 18.2 Å². The van der Waals surface area contributed by atoms with Crippen LogP contribution in [0.2, 0.25) is 5.02 Å². The zero-order chi connectivity index (χ0) is 15.5. The van der Waals surface area contributed by atoms with E-state index in [1.807, 2.05) is 0 Å². The molecule has 2 rings (SSSR count).